The van der Waals surface area contributed by atoms with Crippen LogP contribution in [0.25, 0.3) is 0 Å². The predicted octanol–water partition coefficient (Wildman–Crippen LogP) is 2.29. The molecule has 2 aromatic rings. The minimum absolute atomic E-state index is 0.000125. The summed E-state index contributed by atoms with van der Waals surface area (Å²) in [4.78, 5) is 12.0. The molecule has 0 bridgehead atoms. The van der Waals surface area contributed by atoms with Gasteiger partial charge in [0.1, 0.15) is 23.7 Å². The van der Waals surface area contributed by atoms with E-state index in [1.807, 2.05) is 36.4 Å². The maximum absolute atomic E-state index is 12.0. The highest BCUT2D eigenvalue weighted by atomic mass is 16.5. The van der Waals surface area contributed by atoms with E-state index in [-0.39, 0.29) is 18.2 Å². The molecule has 2 amide bonds. The van der Waals surface area contributed by atoms with Crippen LogP contribution in [0.1, 0.15) is 11.1 Å². The minimum Gasteiger partial charge on any atom is -0.488 e. The van der Waals surface area contributed by atoms with Crippen LogP contribution in [0, 0.1) is 0 Å². The van der Waals surface area contributed by atoms with E-state index in [1.54, 1.807) is 0 Å². The van der Waals surface area contributed by atoms with Gasteiger partial charge in [-0.05, 0) is 23.3 Å². The normalized spacial score (nSPS) is 20.5. The van der Waals surface area contributed by atoms with E-state index in [0.29, 0.717) is 13.1 Å². The van der Waals surface area contributed by atoms with Gasteiger partial charge in [-0.1, -0.05) is 36.4 Å². The Morgan fingerprint density at radius 1 is 0.833 bits per heavy atom. The lowest BCUT2D eigenvalue weighted by Gasteiger charge is -2.15. The van der Waals surface area contributed by atoms with E-state index in [4.69, 9.17) is 9.47 Å². The molecular formula is C19H20N2O3. The summed E-state index contributed by atoms with van der Waals surface area (Å²) in [6, 6.07) is 15.8. The number of urea groups is 1. The van der Waals surface area contributed by atoms with Crippen LogP contribution in [0.5, 0.6) is 11.5 Å². The summed E-state index contributed by atoms with van der Waals surface area (Å²) in [6.07, 6.45) is 1.66. The average molecular weight is 324 g/mol. The number of para-hydroxylation sites is 2. The van der Waals surface area contributed by atoms with E-state index >= 15 is 0 Å². The summed E-state index contributed by atoms with van der Waals surface area (Å²) in [6.45, 7) is 0.985. The molecular weight excluding hydrogens is 304 g/mol. The number of rotatable bonds is 4. The van der Waals surface area contributed by atoms with Crippen LogP contribution < -0.4 is 20.1 Å². The second-order valence-corrected chi connectivity index (χ2v) is 6.19. The third-order valence-electron chi connectivity index (χ3n) is 4.41. The van der Waals surface area contributed by atoms with Crippen molar-refractivity contribution >= 4 is 6.03 Å². The van der Waals surface area contributed by atoms with Gasteiger partial charge in [-0.2, -0.15) is 0 Å². The standard InChI is InChI=1S/C19H20N2O3/c22-19(20-11-15-9-13-5-1-3-7-17(13)23-15)21-12-16-10-14-6-2-4-8-18(14)24-16/h1-8,15-16H,9-12H2,(H2,20,21,22)/t15-,16-/m1/s1. The number of fused-ring (bicyclic) bond motifs is 2. The van der Waals surface area contributed by atoms with Gasteiger partial charge in [0, 0.05) is 12.8 Å². The number of carbonyl (C=O) groups is 1. The smallest absolute Gasteiger partial charge is 0.315 e. The molecule has 2 aliphatic heterocycles. The lowest BCUT2D eigenvalue weighted by molar-refractivity contribution is 0.203. The van der Waals surface area contributed by atoms with Crippen LogP contribution in [-0.4, -0.2) is 31.3 Å². The molecule has 0 unspecified atom stereocenters. The van der Waals surface area contributed by atoms with Crippen molar-refractivity contribution in [2.45, 2.75) is 25.0 Å². The fourth-order valence-corrected chi connectivity index (χ4v) is 3.21. The SMILES string of the molecule is O=C(NC[C@H]1Cc2ccccc2O1)NC[C@H]1Cc2ccccc2O1. The highest BCUT2D eigenvalue weighted by Crippen LogP contribution is 2.28. The molecule has 2 aromatic carbocycles. The first-order valence-corrected chi connectivity index (χ1v) is 8.29. The van der Waals surface area contributed by atoms with Gasteiger partial charge in [-0.3, -0.25) is 0 Å². The van der Waals surface area contributed by atoms with Crippen molar-refractivity contribution in [3.8, 4) is 11.5 Å². The molecule has 2 N–H and O–H groups in total. The van der Waals surface area contributed by atoms with Gasteiger partial charge in [0.25, 0.3) is 0 Å². The van der Waals surface area contributed by atoms with Crippen molar-refractivity contribution in [1.29, 1.82) is 0 Å². The first-order chi connectivity index (χ1) is 11.8. The Bertz CT molecular complexity index is 635. The molecule has 0 aliphatic carbocycles. The number of hydrogen-bond donors (Lipinski definition) is 2. The van der Waals surface area contributed by atoms with Crippen LogP contribution in [0.2, 0.25) is 0 Å². The number of carbonyl (C=O) groups excluding carboxylic acids is 1. The van der Waals surface area contributed by atoms with Gasteiger partial charge in [-0.25, -0.2) is 4.79 Å². The summed E-state index contributed by atoms with van der Waals surface area (Å²) in [5.74, 6) is 1.84. The molecule has 2 heterocycles. The number of hydrogen-bond acceptors (Lipinski definition) is 3. The zero-order chi connectivity index (χ0) is 16.4. The third kappa shape index (κ3) is 3.15. The van der Waals surface area contributed by atoms with Crippen LogP contribution >= 0.6 is 0 Å². The Morgan fingerprint density at radius 2 is 1.29 bits per heavy atom. The number of ether oxygens (including phenoxy) is 2. The fourth-order valence-electron chi connectivity index (χ4n) is 3.21. The number of amides is 2. The van der Waals surface area contributed by atoms with Crippen LogP contribution in [-0.2, 0) is 12.8 Å². The lowest BCUT2D eigenvalue weighted by atomic mass is 10.1. The molecule has 5 nitrogen and oxygen atoms in total. The Labute approximate surface area is 141 Å². The number of nitrogens with one attached hydrogen (secondary N) is 2. The predicted molar refractivity (Wildman–Crippen MR) is 90.5 cm³/mol. The molecule has 0 saturated carbocycles. The summed E-state index contributed by atoms with van der Waals surface area (Å²) in [5.41, 5.74) is 2.39. The van der Waals surface area contributed by atoms with Gasteiger partial charge >= 0.3 is 6.03 Å². The molecule has 0 radical (unpaired) electrons. The van der Waals surface area contributed by atoms with E-state index in [9.17, 15) is 4.79 Å². The molecule has 0 aromatic heterocycles. The summed E-state index contributed by atoms with van der Waals surface area (Å²) < 4.78 is 11.6. The van der Waals surface area contributed by atoms with Crippen molar-refractivity contribution in [3.63, 3.8) is 0 Å². The molecule has 2 aliphatic rings. The van der Waals surface area contributed by atoms with E-state index in [1.165, 1.54) is 11.1 Å². The molecule has 0 saturated heterocycles. The average Bonchev–Trinajstić information content (AvgIpc) is 3.21. The van der Waals surface area contributed by atoms with Gasteiger partial charge in [0.05, 0.1) is 13.1 Å². The van der Waals surface area contributed by atoms with Crippen molar-refractivity contribution in [2.24, 2.45) is 0 Å². The minimum atomic E-state index is -0.186. The maximum atomic E-state index is 12.0. The molecule has 0 spiro atoms. The zero-order valence-electron chi connectivity index (χ0n) is 13.3. The molecule has 5 heteroatoms. The molecule has 0 fully saturated rings. The van der Waals surface area contributed by atoms with Crippen LogP contribution in [0.4, 0.5) is 4.79 Å². The Hall–Kier alpha value is -2.69. The quantitative estimate of drug-likeness (QED) is 0.907. The topological polar surface area (TPSA) is 59.6 Å². The van der Waals surface area contributed by atoms with Gasteiger partial charge in [0.15, 0.2) is 0 Å². The highest BCUT2D eigenvalue weighted by molar-refractivity contribution is 5.73. The summed E-state index contributed by atoms with van der Waals surface area (Å²) >= 11 is 0. The molecule has 24 heavy (non-hydrogen) atoms. The van der Waals surface area contributed by atoms with Crippen molar-refractivity contribution in [3.05, 3.63) is 59.7 Å². The first kappa shape index (κ1) is 14.9. The van der Waals surface area contributed by atoms with Crippen molar-refractivity contribution in [2.75, 3.05) is 13.1 Å². The van der Waals surface area contributed by atoms with E-state index < -0.39 is 0 Å². The molecule has 124 valence electrons. The Morgan fingerprint density at radius 3 is 1.75 bits per heavy atom. The van der Waals surface area contributed by atoms with Gasteiger partial charge in [-0.15, -0.1) is 0 Å². The van der Waals surface area contributed by atoms with Gasteiger partial charge in [0.2, 0.25) is 0 Å². The number of benzene rings is 2. The van der Waals surface area contributed by atoms with E-state index in [0.717, 1.165) is 24.3 Å². The second-order valence-electron chi connectivity index (χ2n) is 6.19. The summed E-state index contributed by atoms with van der Waals surface area (Å²) in [5, 5.41) is 5.75. The fraction of sp³-hybridized carbons (Fsp3) is 0.316. The van der Waals surface area contributed by atoms with E-state index in [2.05, 4.69) is 22.8 Å². The zero-order valence-corrected chi connectivity index (χ0v) is 13.3. The largest absolute Gasteiger partial charge is 0.488 e. The second kappa shape index (κ2) is 6.43. The Balaban J connectivity index is 1.19. The third-order valence-corrected chi connectivity index (χ3v) is 4.41. The monoisotopic (exact) mass is 324 g/mol. The maximum Gasteiger partial charge on any atom is 0.315 e. The van der Waals surface area contributed by atoms with Crippen LogP contribution in [0.3, 0.4) is 0 Å². The van der Waals surface area contributed by atoms with Crippen LogP contribution in [0.15, 0.2) is 48.5 Å². The Kier molecular flexibility index (Phi) is 3.99. The summed E-state index contributed by atoms with van der Waals surface area (Å²) in [7, 11) is 0. The molecule has 2 atom stereocenters. The van der Waals surface area contributed by atoms with Crippen molar-refractivity contribution in [1.82, 2.24) is 10.6 Å². The first-order valence-electron chi connectivity index (χ1n) is 8.29. The lowest BCUT2D eigenvalue weighted by Crippen LogP contribution is -2.44. The van der Waals surface area contributed by atoms with Gasteiger partial charge < -0.3 is 20.1 Å². The highest BCUT2D eigenvalue weighted by Gasteiger charge is 2.24. The molecule has 4 rings (SSSR count). The van der Waals surface area contributed by atoms with Crippen molar-refractivity contribution < 1.29 is 14.3 Å².